The second-order valence-electron chi connectivity index (χ2n) is 8.74. The van der Waals surface area contributed by atoms with Gasteiger partial charge in [-0.2, -0.15) is 0 Å². The van der Waals surface area contributed by atoms with Crippen LogP contribution in [0.15, 0.2) is 12.2 Å². The van der Waals surface area contributed by atoms with Crippen LogP contribution in [0.5, 0.6) is 0 Å². The Morgan fingerprint density at radius 3 is 2.43 bits per heavy atom. The van der Waals surface area contributed by atoms with Gasteiger partial charge in [0.05, 0.1) is 37.1 Å². The molecule has 3 rings (SSSR count). The molecule has 6 N–H and O–H groups in total. The molecule has 0 aromatic rings. The van der Waals surface area contributed by atoms with Crippen LogP contribution in [0.3, 0.4) is 0 Å². The maximum absolute atomic E-state index is 10.8. The quantitative estimate of drug-likeness (QED) is 0.294. The van der Waals surface area contributed by atoms with Gasteiger partial charge in [0, 0.05) is 17.8 Å². The molecule has 1 aliphatic carbocycles. The summed E-state index contributed by atoms with van der Waals surface area (Å²) in [6.45, 7) is 5.17. The van der Waals surface area contributed by atoms with Crippen LogP contribution in [-0.4, -0.2) is 98.5 Å². The Labute approximate surface area is 164 Å². The third-order valence-corrected chi connectivity index (χ3v) is 6.41. The van der Waals surface area contributed by atoms with Crippen LogP contribution in [-0.2, 0) is 14.2 Å². The molecule has 0 aromatic heterocycles. The van der Waals surface area contributed by atoms with E-state index in [1.807, 2.05) is 19.9 Å². The van der Waals surface area contributed by atoms with Crippen molar-refractivity contribution in [2.75, 3.05) is 13.2 Å². The van der Waals surface area contributed by atoms with E-state index in [0.717, 1.165) is 0 Å². The summed E-state index contributed by atoms with van der Waals surface area (Å²) in [5.74, 6) is -0.173. The van der Waals surface area contributed by atoms with Crippen LogP contribution >= 0.6 is 0 Å². The molecule has 0 radical (unpaired) electrons. The number of hydrogen-bond donors (Lipinski definition) is 6. The molecular formula is C19H32O9. The zero-order valence-corrected chi connectivity index (χ0v) is 16.4. The predicted molar refractivity (Wildman–Crippen MR) is 96.0 cm³/mol. The lowest BCUT2D eigenvalue weighted by Crippen LogP contribution is -2.63. The van der Waals surface area contributed by atoms with E-state index in [9.17, 15) is 30.6 Å². The van der Waals surface area contributed by atoms with Gasteiger partial charge in [0.1, 0.15) is 24.4 Å². The van der Waals surface area contributed by atoms with Gasteiger partial charge in [-0.1, -0.05) is 19.1 Å². The van der Waals surface area contributed by atoms with Crippen LogP contribution in [0, 0.1) is 11.3 Å². The molecule has 9 nitrogen and oxygen atoms in total. The number of aliphatic hydroxyl groups is 6. The first-order valence-electron chi connectivity index (χ1n) is 9.68. The maximum Gasteiger partial charge on any atom is 0.187 e. The largest absolute Gasteiger partial charge is 0.394 e. The molecule has 162 valence electrons. The van der Waals surface area contributed by atoms with Crippen molar-refractivity contribution < 1.29 is 44.8 Å². The Kier molecular flexibility index (Phi) is 6.23. The number of aliphatic hydroxyl groups excluding tert-OH is 6. The van der Waals surface area contributed by atoms with Gasteiger partial charge in [-0.15, -0.1) is 0 Å². The molecule has 2 heterocycles. The standard InChI is InChI=1S/C19H32O9/c1-9(21)4-5-12-18(2)8-26-19(12,3)6-10(22)16(18)28-17-15(25)14(24)13(23)11(7-20)27-17/h4-5,9-17,20-25H,6-8H2,1-3H3/b5-4+/t9-,10-,11-,12+,13-,14+,15-,16+,17+,18-,19-/m1/s1. The Balaban J connectivity index is 1.85. The lowest BCUT2D eigenvalue weighted by atomic mass is 9.61. The number of hydrogen-bond acceptors (Lipinski definition) is 9. The first-order valence-corrected chi connectivity index (χ1v) is 9.68. The summed E-state index contributed by atoms with van der Waals surface area (Å²) in [6.07, 6.45) is -5.54. The van der Waals surface area contributed by atoms with Crippen LogP contribution in [0.1, 0.15) is 27.2 Å². The average Bonchev–Trinajstić information content (AvgIpc) is 2.82. The third-order valence-electron chi connectivity index (χ3n) is 6.41. The van der Waals surface area contributed by atoms with Crippen LogP contribution in [0.2, 0.25) is 0 Å². The van der Waals surface area contributed by atoms with E-state index >= 15 is 0 Å². The van der Waals surface area contributed by atoms with Crippen LogP contribution < -0.4 is 0 Å². The molecule has 3 aliphatic rings. The number of fused-ring (bicyclic) bond motifs is 2. The highest BCUT2D eigenvalue weighted by Crippen LogP contribution is 2.56. The maximum atomic E-state index is 10.8. The van der Waals surface area contributed by atoms with E-state index in [2.05, 4.69) is 0 Å². The SMILES string of the molecule is C[C@@H](O)/C=C/[C@H]1[C@@]2(C)CO[C@]1(C)C[C@@H](O)[C@@H]2O[C@@H]1O[C@H](CO)[C@@H](O)[C@H](O)[C@H]1O. The molecule has 0 amide bonds. The van der Waals surface area contributed by atoms with Gasteiger partial charge in [-0.25, -0.2) is 0 Å². The van der Waals surface area contributed by atoms with Gasteiger partial charge in [0.25, 0.3) is 0 Å². The highest BCUT2D eigenvalue weighted by molar-refractivity contribution is 5.18. The summed E-state index contributed by atoms with van der Waals surface area (Å²) in [4.78, 5) is 0. The Bertz CT molecular complexity index is 582. The minimum atomic E-state index is -1.56. The lowest BCUT2D eigenvalue weighted by molar-refractivity contribution is -0.330. The first kappa shape index (κ1) is 22.1. The third kappa shape index (κ3) is 3.64. The predicted octanol–water partition coefficient (Wildman–Crippen LogP) is -1.72. The minimum absolute atomic E-state index is 0.173. The second kappa shape index (κ2) is 7.90. The molecular weight excluding hydrogens is 372 g/mol. The monoisotopic (exact) mass is 404 g/mol. The Hall–Kier alpha value is -0.620. The minimum Gasteiger partial charge on any atom is -0.394 e. The summed E-state index contributed by atoms with van der Waals surface area (Å²) in [7, 11) is 0. The van der Waals surface area contributed by atoms with E-state index in [0.29, 0.717) is 0 Å². The molecule has 9 heteroatoms. The van der Waals surface area contributed by atoms with E-state index in [-0.39, 0.29) is 18.9 Å². The summed E-state index contributed by atoms with van der Waals surface area (Å²) < 4.78 is 17.4. The zero-order chi connectivity index (χ0) is 20.9. The molecule has 2 bridgehead atoms. The fourth-order valence-corrected chi connectivity index (χ4v) is 4.87. The van der Waals surface area contributed by atoms with E-state index in [1.165, 1.54) is 0 Å². The van der Waals surface area contributed by atoms with Crippen molar-refractivity contribution in [2.24, 2.45) is 11.3 Å². The molecule has 2 saturated heterocycles. The summed E-state index contributed by atoms with van der Waals surface area (Å²) >= 11 is 0. The van der Waals surface area contributed by atoms with Gasteiger partial charge in [0.2, 0.25) is 0 Å². The van der Waals surface area contributed by atoms with Crippen molar-refractivity contribution in [3.05, 3.63) is 12.2 Å². The normalized spacial score (nSPS) is 52.9. The van der Waals surface area contributed by atoms with Crippen molar-refractivity contribution in [1.29, 1.82) is 0 Å². The molecule has 28 heavy (non-hydrogen) atoms. The van der Waals surface area contributed by atoms with Crippen molar-refractivity contribution in [2.45, 2.75) is 81.8 Å². The van der Waals surface area contributed by atoms with Crippen molar-refractivity contribution >= 4 is 0 Å². The number of rotatable bonds is 5. The second-order valence-corrected chi connectivity index (χ2v) is 8.74. The molecule has 0 spiro atoms. The van der Waals surface area contributed by atoms with Crippen molar-refractivity contribution in [3.63, 3.8) is 0 Å². The first-order chi connectivity index (χ1) is 13.0. The van der Waals surface area contributed by atoms with Gasteiger partial charge >= 0.3 is 0 Å². The molecule has 0 unspecified atom stereocenters. The summed E-state index contributed by atoms with van der Waals surface area (Å²) in [5, 5.41) is 60.0. The average molecular weight is 404 g/mol. The zero-order valence-electron chi connectivity index (χ0n) is 16.4. The molecule has 1 saturated carbocycles. The fourth-order valence-electron chi connectivity index (χ4n) is 4.87. The van der Waals surface area contributed by atoms with Crippen LogP contribution in [0.25, 0.3) is 0 Å². The van der Waals surface area contributed by atoms with Gasteiger partial charge in [0.15, 0.2) is 6.29 Å². The molecule has 0 aromatic carbocycles. The Morgan fingerprint density at radius 2 is 1.82 bits per heavy atom. The molecule has 11 atom stereocenters. The molecule has 3 fully saturated rings. The summed E-state index contributed by atoms with van der Waals surface area (Å²) in [5.41, 5.74) is -1.31. The van der Waals surface area contributed by atoms with Crippen molar-refractivity contribution in [3.8, 4) is 0 Å². The van der Waals surface area contributed by atoms with Crippen LogP contribution in [0.4, 0.5) is 0 Å². The highest BCUT2D eigenvalue weighted by atomic mass is 16.7. The molecule has 2 aliphatic heterocycles. The highest BCUT2D eigenvalue weighted by Gasteiger charge is 2.63. The lowest BCUT2D eigenvalue weighted by Gasteiger charge is -2.50. The van der Waals surface area contributed by atoms with E-state index in [1.54, 1.807) is 13.0 Å². The van der Waals surface area contributed by atoms with Gasteiger partial charge < -0.3 is 44.8 Å². The van der Waals surface area contributed by atoms with E-state index < -0.39 is 66.6 Å². The number of ether oxygens (including phenoxy) is 3. The summed E-state index contributed by atoms with van der Waals surface area (Å²) in [6, 6.07) is 0. The topological polar surface area (TPSA) is 149 Å². The Morgan fingerprint density at radius 1 is 1.14 bits per heavy atom. The smallest absolute Gasteiger partial charge is 0.187 e. The van der Waals surface area contributed by atoms with Gasteiger partial charge in [-0.05, 0) is 13.8 Å². The van der Waals surface area contributed by atoms with Gasteiger partial charge in [-0.3, -0.25) is 0 Å². The fraction of sp³-hybridized carbons (Fsp3) is 0.895. The van der Waals surface area contributed by atoms with E-state index in [4.69, 9.17) is 14.2 Å². The van der Waals surface area contributed by atoms with Crippen molar-refractivity contribution in [1.82, 2.24) is 0 Å².